The third-order valence-electron chi connectivity index (χ3n) is 4.59. The molecule has 3 heterocycles. The van der Waals surface area contributed by atoms with Crippen molar-refractivity contribution in [3.8, 4) is 0 Å². The zero-order chi connectivity index (χ0) is 14.7. The molecule has 3 rings (SSSR count). The smallest absolute Gasteiger partial charge is 0.243 e. The Bertz CT molecular complexity index is 437. The van der Waals surface area contributed by atoms with Gasteiger partial charge in [0.25, 0.3) is 0 Å². The molecule has 0 saturated carbocycles. The molecule has 0 aromatic carbocycles. The number of aromatic nitrogens is 2. The van der Waals surface area contributed by atoms with Gasteiger partial charge in [-0.2, -0.15) is 4.98 Å². The van der Waals surface area contributed by atoms with Crippen LogP contribution in [0.4, 0.5) is 0 Å². The quantitative estimate of drug-likeness (QED) is 0.841. The molecule has 2 aliphatic heterocycles. The van der Waals surface area contributed by atoms with E-state index in [1.807, 2.05) is 6.92 Å². The van der Waals surface area contributed by atoms with E-state index in [1.165, 1.54) is 19.3 Å². The first-order valence-corrected chi connectivity index (χ1v) is 8.10. The van der Waals surface area contributed by atoms with E-state index in [0.29, 0.717) is 11.9 Å². The summed E-state index contributed by atoms with van der Waals surface area (Å²) in [5.41, 5.74) is 0. The second-order valence-electron chi connectivity index (χ2n) is 6.18. The topological polar surface area (TPSA) is 54.6 Å². The van der Waals surface area contributed by atoms with Crippen molar-refractivity contribution in [2.45, 2.75) is 45.3 Å². The molecule has 118 valence electrons. The molecule has 0 spiro atoms. The average Bonchev–Trinajstić information content (AvgIpc) is 2.95. The van der Waals surface area contributed by atoms with Crippen LogP contribution in [0.15, 0.2) is 4.52 Å². The van der Waals surface area contributed by atoms with Crippen molar-refractivity contribution in [1.82, 2.24) is 19.9 Å². The molecule has 1 aromatic rings. The van der Waals surface area contributed by atoms with Crippen LogP contribution in [-0.4, -0.2) is 65.4 Å². The highest BCUT2D eigenvalue weighted by molar-refractivity contribution is 4.92. The molecule has 2 atom stereocenters. The standard InChI is InChI=1S/C15H26N4O2/c1-12(15-16-13(2)17-21-15)19-8-6-18(7-9-19)11-14-5-3-4-10-20-14/h12,14H,3-11H2,1-2H3. The molecule has 2 saturated heterocycles. The summed E-state index contributed by atoms with van der Waals surface area (Å²) in [6.07, 6.45) is 4.21. The summed E-state index contributed by atoms with van der Waals surface area (Å²) in [5.74, 6) is 1.45. The Kier molecular flexibility index (Phi) is 4.87. The zero-order valence-electron chi connectivity index (χ0n) is 13.1. The van der Waals surface area contributed by atoms with Gasteiger partial charge in [0.05, 0.1) is 12.1 Å². The molecule has 0 amide bonds. The van der Waals surface area contributed by atoms with E-state index >= 15 is 0 Å². The SMILES string of the molecule is Cc1noc(C(C)N2CCN(CC3CCCCO3)CC2)n1. The second kappa shape index (κ2) is 6.85. The molecule has 0 bridgehead atoms. The van der Waals surface area contributed by atoms with Gasteiger partial charge in [0.1, 0.15) is 0 Å². The van der Waals surface area contributed by atoms with Crippen LogP contribution in [-0.2, 0) is 4.74 Å². The first-order chi connectivity index (χ1) is 10.2. The zero-order valence-corrected chi connectivity index (χ0v) is 13.1. The molecule has 2 aliphatic rings. The third kappa shape index (κ3) is 3.81. The lowest BCUT2D eigenvalue weighted by Crippen LogP contribution is -2.49. The molecule has 0 radical (unpaired) electrons. The van der Waals surface area contributed by atoms with Crippen LogP contribution in [0.3, 0.4) is 0 Å². The summed E-state index contributed by atoms with van der Waals surface area (Å²) in [4.78, 5) is 9.29. The van der Waals surface area contributed by atoms with Gasteiger partial charge in [0, 0.05) is 39.3 Å². The highest BCUT2D eigenvalue weighted by atomic mass is 16.5. The van der Waals surface area contributed by atoms with Crippen LogP contribution >= 0.6 is 0 Å². The maximum atomic E-state index is 5.84. The molecule has 0 N–H and O–H groups in total. The Morgan fingerprint density at radius 2 is 2.05 bits per heavy atom. The van der Waals surface area contributed by atoms with E-state index in [9.17, 15) is 0 Å². The van der Waals surface area contributed by atoms with E-state index in [1.54, 1.807) is 0 Å². The predicted octanol–water partition coefficient (Wildman–Crippen LogP) is 1.63. The van der Waals surface area contributed by atoms with E-state index in [0.717, 1.165) is 45.2 Å². The minimum atomic E-state index is 0.208. The highest BCUT2D eigenvalue weighted by Crippen LogP contribution is 2.21. The number of hydrogen-bond acceptors (Lipinski definition) is 6. The van der Waals surface area contributed by atoms with Gasteiger partial charge in [0.2, 0.25) is 5.89 Å². The molecule has 6 nitrogen and oxygen atoms in total. The summed E-state index contributed by atoms with van der Waals surface area (Å²) in [6, 6.07) is 0.208. The second-order valence-corrected chi connectivity index (χ2v) is 6.18. The molecule has 1 aromatic heterocycles. The number of hydrogen-bond donors (Lipinski definition) is 0. The first-order valence-electron chi connectivity index (χ1n) is 8.10. The lowest BCUT2D eigenvalue weighted by atomic mass is 10.1. The van der Waals surface area contributed by atoms with Crippen LogP contribution < -0.4 is 0 Å². The minimum absolute atomic E-state index is 0.208. The summed E-state index contributed by atoms with van der Waals surface area (Å²) < 4.78 is 11.1. The Hall–Kier alpha value is -0.980. The van der Waals surface area contributed by atoms with Crippen molar-refractivity contribution in [1.29, 1.82) is 0 Å². The predicted molar refractivity (Wildman–Crippen MR) is 79.1 cm³/mol. The van der Waals surface area contributed by atoms with Crippen LogP contribution in [0.25, 0.3) is 0 Å². The Morgan fingerprint density at radius 1 is 1.24 bits per heavy atom. The largest absolute Gasteiger partial charge is 0.377 e. The van der Waals surface area contributed by atoms with Gasteiger partial charge in [-0.1, -0.05) is 5.16 Å². The molecule has 21 heavy (non-hydrogen) atoms. The lowest BCUT2D eigenvalue weighted by molar-refractivity contribution is -0.0175. The molecule has 2 unspecified atom stereocenters. The monoisotopic (exact) mass is 294 g/mol. The van der Waals surface area contributed by atoms with E-state index in [-0.39, 0.29) is 6.04 Å². The van der Waals surface area contributed by atoms with Crippen LogP contribution in [0, 0.1) is 6.92 Å². The van der Waals surface area contributed by atoms with Crippen molar-refractivity contribution >= 4 is 0 Å². The van der Waals surface area contributed by atoms with Crippen molar-refractivity contribution in [3.05, 3.63) is 11.7 Å². The molecule has 0 aliphatic carbocycles. The van der Waals surface area contributed by atoms with Crippen molar-refractivity contribution in [2.75, 3.05) is 39.3 Å². The van der Waals surface area contributed by atoms with E-state index in [4.69, 9.17) is 9.26 Å². The van der Waals surface area contributed by atoms with Gasteiger partial charge in [-0.3, -0.25) is 9.80 Å². The minimum Gasteiger partial charge on any atom is -0.377 e. The average molecular weight is 294 g/mol. The fraction of sp³-hybridized carbons (Fsp3) is 0.867. The van der Waals surface area contributed by atoms with Crippen LogP contribution in [0.1, 0.15) is 43.9 Å². The lowest BCUT2D eigenvalue weighted by Gasteiger charge is -2.38. The summed E-state index contributed by atoms with van der Waals surface area (Å²) in [5, 5.41) is 3.89. The number of nitrogens with zero attached hydrogens (tertiary/aromatic N) is 4. The van der Waals surface area contributed by atoms with Gasteiger partial charge in [-0.05, 0) is 33.1 Å². The summed E-state index contributed by atoms with van der Waals surface area (Å²) in [6.45, 7) is 10.3. The van der Waals surface area contributed by atoms with E-state index < -0.39 is 0 Å². The number of piperazine rings is 1. The Labute approximate surface area is 126 Å². The van der Waals surface area contributed by atoms with Crippen LogP contribution in [0.5, 0.6) is 0 Å². The molecule has 2 fully saturated rings. The van der Waals surface area contributed by atoms with Gasteiger partial charge >= 0.3 is 0 Å². The third-order valence-corrected chi connectivity index (χ3v) is 4.59. The number of ether oxygens (including phenoxy) is 1. The van der Waals surface area contributed by atoms with Gasteiger partial charge in [-0.15, -0.1) is 0 Å². The highest BCUT2D eigenvalue weighted by Gasteiger charge is 2.27. The van der Waals surface area contributed by atoms with Crippen molar-refractivity contribution < 1.29 is 9.26 Å². The Balaban J connectivity index is 1.46. The normalized spacial score (nSPS) is 26.9. The fourth-order valence-corrected chi connectivity index (χ4v) is 3.21. The fourth-order valence-electron chi connectivity index (χ4n) is 3.21. The summed E-state index contributed by atoms with van der Waals surface area (Å²) in [7, 11) is 0. The molecule has 6 heteroatoms. The first kappa shape index (κ1) is 14.9. The molecular formula is C15H26N4O2. The summed E-state index contributed by atoms with van der Waals surface area (Å²) >= 11 is 0. The van der Waals surface area contributed by atoms with Crippen molar-refractivity contribution in [3.63, 3.8) is 0 Å². The number of rotatable bonds is 4. The number of aryl methyl sites for hydroxylation is 1. The maximum absolute atomic E-state index is 5.84. The molecular weight excluding hydrogens is 268 g/mol. The van der Waals surface area contributed by atoms with Crippen molar-refractivity contribution in [2.24, 2.45) is 0 Å². The van der Waals surface area contributed by atoms with Gasteiger partial charge in [0.15, 0.2) is 5.82 Å². The van der Waals surface area contributed by atoms with Gasteiger partial charge < -0.3 is 9.26 Å². The maximum Gasteiger partial charge on any atom is 0.243 e. The van der Waals surface area contributed by atoms with Crippen LogP contribution in [0.2, 0.25) is 0 Å². The van der Waals surface area contributed by atoms with Gasteiger partial charge in [-0.25, -0.2) is 0 Å². The Morgan fingerprint density at radius 3 is 2.67 bits per heavy atom. The van der Waals surface area contributed by atoms with E-state index in [2.05, 4.69) is 26.9 Å².